The summed E-state index contributed by atoms with van der Waals surface area (Å²) in [5, 5.41) is 0. The van der Waals surface area contributed by atoms with Crippen LogP contribution in [0, 0.1) is 5.92 Å². The van der Waals surface area contributed by atoms with E-state index >= 15 is 0 Å². The molecule has 120 valence electrons. The number of alkyl halides is 1. The number of rotatable bonds is 8. The molecule has 0 aliphatic carbocycles. The fourth-order valence-electron chi connectivity index (χ4n) is 2.03. The zero-order valence-electron chi connectivity index (χ0n) is 13.2. The van der Waals surface area contributed by atoms with Crippen LogP contribution in [0.5, 0.6) is 0 Å². The van der Waals surface area contributed by atoms with Crippen LogP contribution in [0.25, 0.3) is 0 Å². The topological polar surface area (TPSA) is 40.6 Å². The van der Waals surface area contributed by atoms with E-state index in [-0.39, 0.29) is 11.8 Å². The van der Waals surface area contributed by atoms with Crippen LogP contribution < -0.4 is 0 Å². The molecule has 0 N–H and O–H groups in total. The average Bonchev–Trinajstić information content (AvgIpc) is 2.42. The molecule has 21 heavy (non-hydrogen) atoms. The smallest absolute Gasteiger partial charge is 0.243 e. The van der Waals surface area contributed by atoms with Crippen molar-refractivity contribution in [2.75, 3.05) is 33.7 Å². The Hall–Kier alpha value is -0.620. The maximum absolute atomic E-state index is 12.9. The minimum absolute atomic E-state index is 0.193. The molecule has 0 fully saturated rings. The van der Waals surface area contributed by atoms with Crippen molar-refractivity contribution < 1.29 is 8.42 Å². The molecule has 0 aliphatic heterocycles. The Kier molecular flexibility index (Phi) is 7.13. The second-order valence-electron chi connectivity index (χ2n) is 5.80. The Bertz CT molecular complexity index is 544. The molecular formula is C15H25ClN2O2S. The fourth-order valence-corrected chi connectivity index (χ4v) is 4.16. The van der Waals surface area contributed by atoms with E-state index in [1.54, 1.807) is 22.5 Å². The number of halogens is 1. The molecule has 0 radical (unpaired) electrons. The molecule has 1 aromatic rings. The first-order valence-corrected chi connectivity index (χ1v) is 9.05. The van der Waals surface area contributed by atoms with Gasteiger partial charge in [-0.2, -0.15) is 4.31 Å². The molecule has 6 heteroatoms. The molecule has 1 rings (SSSR count). The third-order valence-corrected chi connectivity index (χ3v) is 5.35. The molecule has 0 aromatic heterocycles. The van der Waals surface area contributed by atoms with Crippen LogP contribution in [0.2, 0.25) is 0 Å². The van der Waals surface area contributed by atoms with Gasteiger partial charge in [0.2, 0.25) is 10.0 Å². The summed E-state index contributed by atoms with van der Waals surface area (Å²) >= 11 is 5.88. The molecule has 1 aromatic carbocycles. The maximum Gasteiger partial charge on any atom is 0.243 e. The van der Waals surface area contributed by atoms with Gasteiger partial charge in [-0.05, 0) is 31.6 Å². The minimum atomic E-state index is -3.51. The fraction of sp³-hybridized carbons (Fsp3) is 0.600. The Morgan fingerprint density at radius 3 is 2.29 bits per heavy atom. The standard InChI is InChI=1S/C15H25ClN2O2S/c1-13(2)12-18(10-9-17(3)4)21(19,20)15-8-6-5-7-14(15)11-16/h5-8,13H,9-12H2,1-4H3. The van der Waals surface area contributed by atoms with E-state index in [4.69, 9.17) is 11.6 Å². The van der Waals surface area contributed by atoms with E-state index in [0.29, 0.717) is 30.1 Å². The summed E-state index contributed by atoms with van der Waals surface area (Å²) in [6.07, 6.45) is 0. The highest BCUT2D eigenvalue weighted by Gasteiger charge is 2.26. The molecule has 0 atom stereocenters. The first-order chi connectivity index (χ1) is 9.78. The van der Waals surface area contributed by atoms with E-state index < -0.39 is 10.0 Å². The summed E-state index contributed by atoms with van der Waals surface area (Å²) in [4.78, 5) is 2.30. The SMILES string of the molecule is CC(C)CN(CCN(C)C)S(=O)(=O)c1ccccc1CCl. The zero-order chi connectivity index (χ0) is 16.0. The average molecular weight is 333 g/mol. The van der Waals surface area contributed by atoms with Crippen LogP contribution in [0.3, 0.4) is 0 Å². The van der Waals surface area contributed by atoms with Crippen molar-refractivity contribution in [2.24, 2.45) is 5.92 Å². The molecule has 0 spiro atoms. The predicted octanol–water partition coefficient (Wildman–Crippen LogP) is 2.63. The van der Waals surface area contributed by atoms with Gasteiger partial charge in [0.25, 0.3) is 0 Å². The van der Waals surface area contributed by atoms with Crippen LogP contribution >= 0.6 is 11.6 Å². The summed E-state index contributed by atoms with van der Waals surface area (Å²) in [6.45, 7) is 5.71. The van der Waals surface area contributed by atoms with Gasteiger partial charge in [-0.25, -0.2) is 8.42 Å². The molecule has 4 nitrogen and oxygen atoms in total. The molecule has 0 unspecified atom stereocenters. The van der Waals surface area contributed by atoms with Crippen molar-refractivity contribution in [1.29, 1.82) is 0 Å². The quantitative estimate of drug-likeness (QED) is 0.687. The van der Waals surface area contributed by atoms with Gasteiger partial charge in [-0.1, -0.05) is 32.0 Å². The summed E-state index contributed by atoms with van der Waals surface area (Å²) in [7, 11) is 0.362. The van der Waals surface area contributed by atoms with E-state index in [0.717, 1.165) is 0 Å². The van der Waals surface area contributed by atoms with E-state index in [1.165, 1.54) is 0 Å². The Balaban J connectivity index is 3.13. The monoisotopic (exact) mass is 332 g/mol. The number of likely N-dealkylation sites (N-methyl/N-ethyl adjacent to an activating group) is 1. The van der Waals surface area contributed by atoms with E-state index in [1.807, 2.05) is 38.9 Å². The van der Waals surface area contributed by atoms with Crippen LogP contribution in [-0.4, -0.2) is 51.4 Å². The zero-order valence-corrected chi connectivity index (χ0v) is 14.8. The third kappa shape index (κ3) is 5.25. The molecule has 0 saturated carbocycles. The molecule has 0 aliphatic rings. The van der Waals surface area contributed by atoms with Gasteiger partial charge >= 0.3 is 0 Å². The number of nitrogens with zero attached hydrogens (tertiary/aromatic N) is 2. The van der Waals surface area contributed by atoms with Gasteiger partial charge in [0.05, 0.1) is 4.90 Å². The highest BCUT2D eigenvalue weighted by molar-refractivity contribution is 7.89. The van der Waals surface area contributed by atoms with Crippen LogP contribution in [0.15, 0.2) is 29.2 Å². The van der Waals surface area contributed by atoms with Gasteiger partial charge in [-0.15, -0.1) is 11.6 Å². The van der Waals surface area contributed by atoms with E-state index in [2.05, 4.69) is 0 Å². The van der Waals surface area contributed by atoms with Crippen molar-refractivity contribution >= 4 is 21.6 Å². The lowest BCUT2D eigenvalue weighted by Crippen LogP contribution is -2.39. The van der Waals surface area contributed by atoms with Gasteiger partial charge < -0.3 is 4.90 Å². The highest BCUT2D eigenvalue weighted by Crippen LogP contribution is 2.22. The Morgan fingerprint density at radius 2 is 1.76 bits per heavy atom. The van der Waals surface area contributed by atoms with Gasteiger partial charge in [0, 0.05) is 25.5 Å². The normalized spacial score (nSPS) is 12.6. The molecule has 0 bridgehead atoms. The summed E-state index contributed by atoms with van der Waals surface area (Å²) in [6, 6.07) is 6.95. The Labute approximate surface area is 133 Å². The lowest BCUT2D eigenvalue weighted by molar-refractivity contribution is 0.312. The number of hydrogen-bond acceptors (Lipinski definition) is 3. The second-order valence-corrected chi connectivity index (χ2v) is 7.98. The number of benzene rings is 1. The predicted molar refractivity (Wildman–Crippen MR) is 88.1 cm³/mol. The van der Waals surface area contributed by atoms with Gasteiger partial charge in [0.15, 0.2) is 0 Å². The lowest BCUT2D eigenvalue weighted by Gasteiger charge is -2.26. The summed E-state index contributed by atoms with van der Waals surface area (Å²) in [5.74, 6) is 0.462. The van der Waals surface area contributed by atoms with Gasteiger partial charge in [-0.3, -0.25) is 0 Å². The maximum atomic E-state index is 12.9. The summed E-state index contributed by atoms with van der Waals surface area (Å²) in [5.41, 5.74) is 0.651. The van der Waals surface area contributed by atoms with Crippen molar-refractivity contribution in [3.8, 4) is 0 Å². The van der Waals surface area contributed by atoms with Crippen LogP contribution in [0.4, 0.5) is 0 Å². The van der Waals surface area contributed by atoms with Crippen molar-refractivity contribution in [2.45, 2.75) is 24.6 Å². The third-order valence-electron chi connectivity index (χ3n) is 3.10. The largest absolute Gasteiger partial charge is 0.308 e. The molecule has 0 heterocycles. The minimum Gasteiger partial charge on any atom is -0.308 e. The molecule has 0 saturated heterocycles. The highest BCUT2D eigenvalue weighted by atomic mass is 35.5. The van der Waals surface area contributed by atoms with Crippen LogP contribution in [0.1, 0.15) is 19.4 Å². The first kappa shape index (κ1) is 18.4. The van der Waals surface area contributed by atoms with Crippen molar-refractivity contribution in [1.82, 2.24) is 9.21 Å². The summed E-state index contributed by atoms with van der Waals surface area (Å²) < 4.78 is 27.4. The van der Waals surface area contributed by atoms with E-state index in [9.17, 15) is 8.42 Å². The lowest BCUT2D eigenvalue weighted by atomic mass is 10.2. The number of sulfonamides is 1. The van der Waals surface area contributed by atoms with Gasteiger partial charge in [0.1, 0.15) is 0 Å². The number of hydrogen-bond donors (Lipinski definition) is 0. The molecule has 0 amide bonds. The Morgan fingerprint density at radius 1 is 1.14 bits per heavy atom. The second kappa shape index (κ2) is 8.13. The first-order valence-electron chi connectivity index (χ1n) is 7.07. The van der Waals surface area contributed by atoms with Crippen molar-refractivity contribution in [3.05, 3.63) is 29.8 Å². The van der Waals surface area contributed by atoms with Crippen molar-refractivity contribution in [3.63, 3.8) is 0 Å². The molecular weight excluding hydrogens is 308 g/mol. The van der Waals surface area contributed by atoms with Crippen LogP contribution in [-0.2, 0) is 15.9 Å².